The van der Waals surface area contributed by atoms with Gasteiger partial charge in [-0.15, -0.1) is 0 Å². The van der Waals surface area contributed by atoms with Crippen LogP contribution in [0.1, 0.15) is 41.4 Å². The van der Waals surface area contributed by atoms with Gasteiger partial charge in [-0.25, -0.2) is 49.1 Å². The van der Waals surface area contributed by atoms with Crippen molar-refractivity contribution in [3.8, 4) is 91.5 Å². The van der Waals surface area contributed by atoms with E-state index >= 15 is 0 Å². The normalized spacial score (nSPS) is 11.4. The van der Waals surface area contributed by atoms with E-state index in [1.807, 2.05) is 0 Å². The molecule has 0 fully saturated rings. The minimum absolute atomic E-state index is 0.0321. The Morgan fingerprint density at radius 1 is 0.300 bits per heavy atom. The van der Waals surface area contributed by atoms with Gasteiger partial charge in [0, 0.05) is 21.9 Å². The summed E-state index contributed by atoms with van der Waals surface area (Å²) in [6, 6.07) is 45.0. The molecule has 0 spiro atoms. The summed E-state index contributed by atoms with van der Waals surface area (Å²) >= 11 is 0. The predicted molar refractivity (Wildman–Crippen MR) is 290 cm³/mol. The molecule has 0 amide bonds. The van der Waals surface area contributed by atoms with E-state index in [1.54, 1.807) is 121 Å². The lowest BCUT2D eigenvalue weighted by molar-refractivity contribution is 0.0683. The zero-order valence-corrected chi connectivity index (χ0v) is 40.9. The number of carbonyl (C=O) groups is 4. The first-order chi connectivity index (χ1) is 38.9. The zero-order valence-electron chi connectivity index (χ0n) is 40.9. The molecule has 5 heterocycles. The van der Waals surface area contributed by atoms with Crippen LogP contribution in [0.2, 0.25) is 0 Å². The van der Waals surface area contributed by atoms with E-state index in [4.69, 9.17) is 48.9 Å². The largest absolute Gasteiger partial charge is 0.478 e. The van der Waals surface area contributed by atoms with Gasteiger partial charge in [-0.1, -0.05) is 97.1 Å². The standard InChI is InChI=1S/C60H34N8O12/c69-57(70)29-13-1-5-21-37(29)77-41-25-9-17-33-45(41)53-61-49(33)66-54-47-35(19-11-27-43(47)79-39-23-7-3-15-31(39)59(73)74)51(63-54)68-56-48-36(20-12-28-44(48)80-40-24-8-4-16-32(40)60(75)76)52(64-56)67-55-46-34(50(62-55)65-53)18-10-26-42(46)78-38-22-6-2-14-30(38)58(71)72/h1-28H,(H,69,70)(H,71,72)(H,73,74)(H,75,76)(H2,61,62,63,64,65,66,67,68). The van der Waals surface area contributed by atoms with Gasteiger partial charge in [-0.2, -0.15) is 0 Å². The van der Waals surface area contributed by atoms with Crippen molar-refractivity contribution in [1.29, 1.82) is 0 Å². The van der Waals surface area contributed by atoms with Crippen LogP contribution in [0, 0.1) is 0 Å². The van der Waals surface area contributed by atoms with Crippen LogP contribution in [-0.2, 0) is 0 Å². The molecule has 20 nitrogen and oxygen atoms in total. The highest BCUT2D eigenvalue weighted by molar-refractivity contribution is 6.10. The van der Waals surface area contributed by atoms with Crippen molar-refractivity contribution in [1.82, 2.24) is 39.9 Å². The van der Waals surface area contributed by atoms with Crippen LogP contribution in [-0.4, -0.2) is 84.2 Å². The molecule has 0 saturated carbocycles. The van der Waals surface area contributed by atoms with Crippen LogP contribution in [0.4, 0.5) is 0 Å². The molecule has 0 aliphatic carbocycles. The summed E-state index contributed by atoms with van der Waals surface area (Å²) in [4.78, 5) is 87.3. The molecule has 13 rings (SSSR count). The number of fused-ring (bicyclic) bond motifs is 20. The second-order valence-corrected chi connectivity index (χ2v) is 17.9. The van der Waals surface area contributed by atoms with Crippen LogP contribution in [0.25, 0.3) is 89.7 Å². The second kappa shape index (κ2) is 19.1. The Balaban J connectivity index is 1.15. The maximum Gasteiger partial charge on any atom is 0.339 e. The van der Waals surface area contributed by atoms with Crippen molar-refractivity contribution in [2.75, 3.05) is 0 Å². The molecule has 80 heavy (non-hydrogen) atoms. The summed E-state index contributed by atoms with van der Waals surface area (Å²) in [7, 11) is 0. The smallest absolute Gasteiger partial charge is 0.339 e. The van der Waals surface area contributed by atoms with Crippen molar-refractivity contribution >= 4 is 68.0 Å². The number of ether oxygens (including phenoxy) is 4. The molecule has 0 radical (unpaired) electrons. The van der Waals surface area contributed by atoms with E-state index in [2.05, 4.69) is 9.97 Å². The number of aromatic carboxylic acids is 4. The fraction of sp³-hybridized carbons (Fsp3) is 0. The number of hydrogen-bond acceptors (Lipinski definition) is 14. The molecule has 2 aliphatic rings. The van der Waals surface area contributed by atoms with E-state index in [1.165, 1.54) is 48.5 Å². The van der Waals surface area contributed by atoms with Crippen molar-refractivity contribution in [2.24, 2.45) is 0 Å². The SMILES string of the molecule is O=C(O)c1ccccc1Oc1cccc2c1-c1nc-2nc2[nH]c(nc3nc(nc4[nH]c(n1)c1cccc(Oc5ccccc5C(=O)O)c41)-c1cccc(Oc4ccccc4C(=O)O)c1-3)c1cccc(Oc3ccccc3C(=O)O)c21. The van der Waals surface area contributed by atoms with Gasteiger partial charge in [0.1, 0.15) is 90.8 Å². The Kier molecular flexibility index (Phi) is 11.4. The fourth-order valence-electron chi connectivity index (χ4n) is 9.60. The van der Waals surface area contributed by atoms with E-state index < -0.39 is 23.9 Å². The van der Waals surface area contributed by atoms with E-state index in [0.29, 0.717) is 43.8 Å². The van der Waals surface area contributed by atoms with Crippen LogP contribution in [0.3, 0.4) is 0 Å². The Labute approximate surface area is 448 Å². The zero-order chi connectivity index (χ0) is 54.8. The molecule has 2 aliphatic heterocycles. The fourth-order valence-corrected chi connectivity index (χ4v) is 9.60. The average molecular weight is 1060 g/mol. The highest BCUT2D eigenvalue weighted by Crippen LogP contribution is 2.47. The van der Waals surface area contributed by atoms with Gasteiger partial charge in [0.2, 0.25) is 0 Å². The number of hydrogen-bond donors (Lipinski definition) is 6. The predicted octanol–water partition coefficient (Wildman–Crippen LogP) is 12.8. The number of aromatic amines is 2. The van der Waals surface area contributed by atoms with Crippen molar-refractivity contribution in [3.63, 3.8) is 0 Å². The summed E-state index contributed by atoms with van der Waals surface area (Å²) in [5, 5.41) is 42.3. The molecule has 3 aromatic heterocycles. The van der Waals surface area contributed by atoms with Crippen molar-refractivity contribution in [2.45, 2.75) is 0 Å². The lowest BCUT2D eigenvalue weighted by atomic mass is 10.1. The number of benzene rings is 8. The molecule has 6 N–H and O–H groups in total. The van der Waals surface area contributed by atoms with Gasteiger partial charge < -0.3 is 49.3 Å². The summed E-state index contributed by atoms with van der Waals surface area (Å²) in [5.74, 6) is -3.75. The molecule has 386 valence electrons. The van der Waals surface area contributed by atoms with Gasteiger partial charge in [-0.05, 0) is 72.8 Å². The Bertz CT molecular complexity index is 4380. The highest BCUT2D eigenvalue weighted by atomic mass is 16.5. The molecular formula is C60H34N8O12. The van der Waals surface area contributed by atoms with Crippen molar-refractivity contribution < 1.29 is 58.6 Å². The first-order valence-electron chi connectivity index (χ1n) is 24.3. The summed E-state index contributed by atoms with van der Waals surface area (Å²) in [6.07, 6.45) is 0. The van der Waals surface area contributed by atoms with E-state index in [-0.39, 0.29) is 114 Å². The van der Waals surface area contributed by atoms with Gasteiger partial charge in [0.15, 0.2) is 23.3 Å². The first-order valence-corrected chi connectivity index (χ1v) is 24.3. The van der Waals surface area contributed by atoms with E-state index in [0.717, 1.165) is 0 Å². The monoisotopic (exact) mass is 1060 g/mol. The highest BCUT2D eigenvalue weighted by Gasteiger charge is 2.29. The molecular weight excluding hydrogens is 1020 g/mol. The molecule has 20 heteroatoms. The number of para-hydroxylation sites is 4. The van der Waals surface area contributed by atoms with Crippen molar-refractivity contribution in [3.05, 3.63) is 192 Å². The lowest BCUT2D eigenvalue weighted by Gasteiger charge is -2.12. The van der Waals surface area contributed by atoms with Crippen LogP contribution in [0.5, 0.6) is 46.0 Å². The quantitative estimate of drug-likeness (QED) is 0.0662. The minimum Gasteiger partial charge on any atom is -0.478 e. The molecule has 11 aromatic rings. The molecule has 0 saturated heterocycles. The molecule has 0 unspecified atom stereocenters. The number of nitrogens with zero attached hydrogens (tertiary/aromatic N) is 6. The molecule has 0 atom stereocenters. The number of carboxylic acid groups (broad SMARTS) is 4. The van der Waals surface area contributed by atoms with Gasteiger partial charge in [0.25, 0.3) is 0 Å². The number of carboxylic acids is 4. The van der Waals surface area contributed by atoms with E-state index in [9.17, 15) is 39.6 Å². The molecule has 8 aromatic carbocycles. The second-order valence-electron chi connectivity index (χ2n) is 17.9. The Morgan fingerprint density at radius 3 is 0.938 bits per heavy atom. The summed E-state index contributed by atoms with van der Waals surface area (Å²) in [5.41, 5.74) is 1.67. The Morgan fingerprint density at radius 2 is 0.588 bits per heavy atom. The summed E-state index contributed by atoms with van der Waals surface area (Å²) < 4.78 is 25.8. The van der Waals surface area contributed by atoms with Gasteiger partial charge in [-0.3, -0.25) is 0 Å². The Hall–Kier alpha value is -11.8. The lowest BCUT2D eigenvalue weighted by Crippen LogP contribution is -2.00. The number of nitrogens with one attached hydrogen (secondary N) is 2. The number of aromatic nitrogens is 8. The maximum absolute atomic E-state index is 12.5. The van der Waals surface area contributed by atoms with Crippen LogP contribution in [0.15, 0.2) is 170 Å². The number of H-pyrrole nitrogens is 2. The third-order valence-corrected chi connectivity index (χ3v) is 13.1. The minimum atomic E-state index is -1.22. The summed E-state index contributed by atoms with van der Waals surface area (Å²) in [6.45, 7) is 0. The van der Waals surface area contributed by atoms with Gasteiger partial charge in [0.05, 0.1) is 21.9 Å². The third-order valence-electron chi connectivity index (χ3n) is 13.1. The molecule has 8 bridgehead atoms. The maximum atomic E-state index is 12.5. The third kappa shape index (κ3) is 8.29. The van der Waals surface area contributed by atoms with Gasteiger partial charge >= 0.3 is 23.9 Å². The van der Waals surface area contributed by atoms with Crippen LogP contribution >= 0.6 is 0 Å². The first kappa shape index (κ1) is 47.9. The van der Waals surface area contributed by atoms with Crippen LogP contribution < -0.4 is 18.9 Å². The average Bonchev–Trinajstić information content (AvgIpc) is 4.26. The topological polar surface area (TPSA) is 295 Å². The number of rotatable bonds is 12.